The van der Waals surface area contributed by atoms with E-state index in [1.807, 2.05) is 36.1 Å². The van der Waals surface area contributed by atoms with Crippen LogP contribution in [0.25, 0.3) is 32.9 Å². The zero-order valence-corrected chi connectivity index (χ0v) is 30.2. The normalized spacial score (nSPS) is 23.9. The maximum Gasteiger partial charge on any atom is 0.226 e. The summed E-state index contributed by atoms with van der Waals surface area (Å²) < 4.78 is 26.1. The van der Waals surface area contributed by atoms with Crippen molar-refractivity contribution in [2.75, 3.05) is 13.1 Å². The number of rotatable bonds is 8. The molecular formula is C40H35Cl3FN5O2. The van der Waals surface area contributed by atoms with E-state index in [-0.39, 0.29) is 53.0 Å². The number of benzene rings is 3. The predicted molar refractivity (Wildman–Crippen MR) is 198 cm³/mol. The molecule has 51 heavy (non-hydrogen) atoms. The molecule has 0 radical (unpaired) electrons. The Kier molecular flexibility index (Phi) is 8.19. The average Bonchev–Trinajstić information content (AvgIpc) is 3.39. The minimum absolute atomic E-state index is 0.0366. The summed E-state index contributed by atoms with van der Waals surface area (Å²) in [6, 6.07) is 19.1. The number of aryl methyl sites for hydroxylation is 2. The molecule has 260 valence electrons. The molecule has 7 nitrogen and oxygen atoms in total. The summed E-state index contributed by atoms with van der Waals surface area (Å²) in [5, 5.41) is 16.1. The van der Waals surface area contributed by atoms with Gasteiger partial charge in [-0.1, -0.05) is 53.0 Å². The second-order valence-electron chi connectivity index (χ2n) is 14.5. The Morgan fingerprint density at radius 1 is 1.10 bits per heavy atom. The van der Waals surface area contributed by atoms with Gasteiger partial charge >= 0.3 is 0 Å². The van der Waals surface area contributed by atoms with Gasteiger partial charge in [-0.25, -0.2) is 9.37 Å². The summed E-state index contributed by atoms with van der Waals surface area (Å²) >= 11 is 19.4. The quantitative estimate of drug-likeness (QED) is 0.171. The lowest BCUT2D eigenvalue weighted by molar-refractivity contribution is -0.133. The van der Waals surface area contributed by atoms with Crippen molar-refractivity contribution < 1.29 is 13.9 Å². The van der Waals surface area contributed by atoms with Crippen molar-refractivity contribution in [1.82, 2.24) is 19.8 Å². The molecule has 3 aromatic carbocycles. The van der Waals surface area contributed by atoms with Crippen molar-refractivity contribution in [1.29, 1.82) is 5.26 Å². The molecule has 2 aromatic heterocycles. The summed E-state index contributed by atoms with van der Waals surface area (Å²) in [5.74, 6) is 0.800. The Hall–Kier alpha value is -3.87. The molecule has 0 spiro atoms. The summed E-state index contributed by atoms with van der Waals surface area (Å²) in [6.45, 7) is 3.30. The van der Waals surface area contributed by atoms with Crippen molar-refractivity contribution in [2.45, 2.75) is 69.7 Å². The Balaban J connectivity index is 1.26. The van der Waals surface area contributed by atoms with E-state index in [4.69, 9.17) is 44.5 Å². The van der Waals surface area contributed by atoms with Gasteiger partial charge < -0.3 is 19.5 Å². The van der Waals surface area contributed by atoms with Gasteiger partial charge in [0.1, 0.15) is 17.4 Å². The SMILES string of the molecule is Cc1nc2c(F)c(-c3cccc(Cl)c3Cl)c(CCC#N)cc2c2c1cc(C1CC(Oc3cccc(Cl)c3)CN1C(=O)C1CC1)n2C1C2CNC1C2. The van der Waals surface area contributed by atoms with E-state index in [9.17, 15) is 10.1 Å². The molecule has 2 aliphatic carbocycles. The van der Waals surface area contributed by atoms with Crippen LogP contribution in [0.3, 0.4) is 0 Å². The number of ether oxygens (including phenoxy) is 1. The van der Waals surface area contributed by atoms with E-state index in [1.54, 1.807) is 24.3 Å². The largest absolute Gasteiger partial charge is 0.488 e. The number of hydrogen-bond donors (Lipinski definition) is 1. The van der Waals surface area contributed by atoms with Crippen molar-refractivity contribution in [3.05, 3.63) is 92.4 Å². The van der Waals surface area contributed by atoms with Gasteiger partial charge in [0.2, 0.25) is 5.91 Å². The first-order valence-corrected chi connectivity index (χ1v) is 18.8. The highest BCUT2D eigenvalue weighted by Crippen LogP contribution is 2.51. The number of carbonyl (C=O) groups is 1. The van der Waals surface area contributed by atoms with E-state index < -0.39 is 5.82 Å². The number of nitrogens with one attached hydrogen (secondary N) is 1. The first kappa shape index (κ1) is 33.0. The molecule has 3 aliphatic heterocycles. The monoisotopic (exact) mass is 741 g/mol. The fourth-order valence-corrected chi connectivity index (χ4v) is 9.38. The number of amides is 1. The molecule has 5 aromatic rings. The Morgan fingerprint density at radius 3 is 2.65 bits per heavy atom. The second-order valence-corrected chi connectivity index (χ2v) is 15.7. The zero-order valence-electron chi connectivity index (χ0n) is 27.9. The predicted octanol–water partition coefficient (Wildman–Crippen LogP) is 9.38. The van der Waals surface area contributed by atoms with Crippen LogP contribution in [0, 0.1) is 35.9 Å². The molecule has 11 heteroatoms. The van der Waals surface area contributed by atoms with Crippen LogP contribution in [0.15, 0.2) is 54.6 Å². The molecule has 3 saturated heterocycles. The van der Waals surface area contributed by atoms with Gasteiger partial charge in [-0.15, -0.1) is 0 Å². The van der Waals surface area contributed by atoms with Gasteiger partial charge in [0, 0.05) is 69.7 Å². The number of fused-ring (bicyclic) bond motifs is 4. The Bertz CT molecular complexity index is 2280. The molecule has 5 atom stereocenters. The fourth-order valence-electron chi connectivity index (χ4n) is 8.80. The summed E-state index contributed by atoms with van der Waals surface area (Å²) in [5.41, 5.74) is 4.35. The molecule has 2 bridgehead atoms. The van der Waals surface area contributed by atoms with Crippen LogP contribution in [0.1, 0.15) is 61.1 Å². The van der Waals surface area contributed by atoms with E-state index in [0.717, 1.165) is 42.4 Å². The van der Waals surface area contributed by atoms with Crippen molar-refractivity contribution >= 4 is 62.5 Å². The van der Waals surface area contributed by atoms with Gasteiger partial charge in [0.25, 0.3) is 0 Å². The smallest absolute Gasteiger partial charge is 0.226 e. The lowest BCUT2D eigenvalue weighted by atomic mass is 9.79. The van der Waals surface area contributed by atoms with Crippen molar-refractivity contribution in [2.24, 2.45) is 11.8 Å². The fraction of sp³-hybridized carbons (Fsp3) is 0.375. The van der Waals surface area contributed by atoms with Crippen LogP contribution in [0.5, 0.6) is 5.75 Å². The minimum Gasteiger partial charge on any atom is -0.488 e. The van der Waals surface area contributed by atoms with E-state index in [1.165, 1.54) is 0 Å². The number of likely N-dealkylation sites (tertiary alicyclic amines) is 1. The van der Waals surface area contributed by atoms with Gasteiger partial charge in [0.15, 0.2) is 5.82 Å². The first-order chi connectivity index (χ1) is 24.7. The third-order valence-corrected chi connectivity index (χ3v) is 12.4. The van der Waals surface area contributed by atoms with Crippen LogP contribution in [0.4, 0.5) is 4.39 Å². The number of pyridine rings is 1. The van der Waals surface area contributed by atoms with Gasteiger partial charge in [-0.2, -0.15) is 5.26 Å². The maximum atomic E-state index is 17.2. The van der Waals surface area contributed by atoms with Crippen LogP contribution in [-0.2, 0) is 11.2 Å². The van der Waals surface area contributed by atoms with Crippen molar-refractivity contribution in [3.63, 3.8) is 0 Å². The van der Waals surface area contributed by atoms with E-state index in [2.05, 4.69) is 22.0 Å². The van der Waals surface area contributed by atoms with Crippen LogP contribution in [-0.4, -0.2) is 45.6 Å². The molecule has 10 rings (SSSR count). The summed E-state index contributed by atoms with van der Waals surface area (Å²) in [7, 11) is 0. The molecule has 2 saturated carbocycles. The topological polar surface area (TPSA) is 83.2 Å². The molecule has 5 fully saturated rings. The molecule has 5 heterocycles. The number of hydrogen-bond acceptors (Lipinski definition) is 5. The highest BCUT2D eigenvalue weighted by molar-refractivity contribution is 6.43. The number of carbonyl (C=O) groups excluding carboxylic acids is 1. The molecular weight excluding hydrogens is 708 g/mol. The average molecular weight is 743 g/mol. The number of nitriles is 1. The number of aromatic nitrogens is 2. The maximum absolute atomic E-state index is 17.2. The highest BCUT2D eigenvalue weighted by atomic mass is 35.5. The Labute approximate surface area is 310 Å². The van der Waals surface area contributed by atoms with Crippen molar-refractivity contribution in [3.8, 4) is 22.9 Å². The number of halogens is 4. The minimum atomic E-state index is -0.486. The third-order valence-electron chi connectivity index (χ3n) is 11.3. The lowest BCUT2D eigenvalue weighted by Gasteiger charge is -2.39. The first-order valence-electron chi connectivity index (χ1n) is 17.7. The lowest BCUT2D eigenvalue weighted by Crippen LogP contribution is -2.41. The van der Waals surface area contributed by atoms with E-state index in [0.29, 0.717) is 68.9 Å². The Morgan fingerprint density at radius 2 is 1.92 bits per heavy atom. The van der Waals surface area contributed by atoms with Gasteiger partial charge in [0.05, 0.1) is 40.3 Å². The number of nitrogens with zero attached hydrogens (tertiary/aromatic N) is 4. The van der Waals surface area contributed by atoms with Crippen LogP contribution >= 0.6 is 34.8 Å². The third kappa shape index (κ3) is 5.47. The van der Waals surface area contributed by atoms with Crippen LogP contribution in [0.2, 0.25) is 15.1 Å². The summed E-state index contributed by atoms with van der Waals surface area (Å²) in [4.78, 5) is 20.9. The zero-order chi connectivity index (χ0) is 35.1. The van der Waals surface area contributed by atoms with Gasteiger partial charge in [-0.05, 0) is 80.5 Å². The molecule has 1 amide bonds. The second kappa shape index (κ2) is 12.7. The highest BCUT2D eigenvalue weighted by Gasteiger charge is 2.51. The van der Waals surface area contributed by atoms with Gasteiger partial charge in [-0.3, -0.25) is 4.79 Å². The molecule has 1 N–H and O–H groups in total. The van der Waals surface area contributed by atoms with Crippen LogP contribution < -0.4 is 10.1 Å². The molecule has 5 aliphatic rings. The molecule has 5 unspecified atom stereocenters. The standard InChI is InChI=1S/C40H35Cl3FN5O2/c1-20-28-17-33(32-16-26(19-48(32)40(50)21-10-11-21)51-25-7-2-6-24(41)15-25)49(38-23-14-31(38)46-18-23)39(28)29-13-22(5-4-12-45)34(36(44)37(29)47-20)27-8-3-9-30(42)35(27)43/h2-3,6-9,13,15,17,21,23,26,31-32,38,46H,4-5,10-11,14,16,18-19H2,1H3. The summed E-state index contributed by atoms with van der Waals surface area (Å²) in [6.07, 6.45) is 3.79. The van der Waals surface area contributed by atoms with E-state index >= 15 is 4.39 Å².